The van der Waals surface area contributed by atoms with Crippen molar-refractivity contribution >= 4 is 5.91 Å². The van der Waals surface area contributed by atoms with Gasteiger partial charge in [0.15, 0.2) is 0 Å². The number of nitrogens with one attached hydrogen (secondary N) is 1. The van der Waals surface area contributed by atoms with Gasteiger partial charge in [-0.3, -0.25) is 4.79 Å². The van der Waals surface area contributed by atoms with Crippen molar-refractivity contribution < 1.29 is 22.7 Å². The molecular formula is C19H17F3N4O2. The number of carbonyl (C=O) groups is 1. The molecular weight excluding hydrogens is 373 g/mol. The molecule has 0 bridgehead atoms. The second-order valence-corrected chi connectivity index (χ2v) is 6.45. The molecule has 1 amide bonds. The molecule has 28 heavy (non-hydrogen) atoms. The van der Waals surface area contributed by atoms with Crippen molar-refractivity contribution in [2.45, 2.75) is 44.0 Å². The molecule has 0 unspecified atom stereocenters. The number of nitriles is 1. The highest BCUT2D eigenvalue weighted by Gasteiger charge is 2.34. The van der Waals surface area contributed by atoms with E-state index in [0.717, 1.165) is 12.1 Å². The number of carbonyl (C=O) groups excluding carboxylic acids is 1. The Labute approximate surface area is 159 Å². The summed E-state index contributed by atoms with van der Waals surface area (Å²) in [6.45, 7) is 0. The number of hydrogen-bond donors (Lipinski definition) is 1. The fourth-order valence-electron chi connectivity index (χ4n) is 3.11. The number of hydrogen-bond acceptors (Lipinski definition) is 5. The van der Waals surface area contributed by atoms with Gasteiger partial charge in [-0.05, 0) is 49.9 Å². The summed E-state index contributed by atoms with van der Waals surface area (Å²) in [4.78, 5) is 19.9. The van der Waals surface area contributed by atoms with Crippen molar-refractivity contribution in [1.29, 1.82) is 5.26 Å². The Kier molecular flexibility index (Phi) is 5.78. The van der Waals surface area contributed by atoms with Gasteiger partial charge in [0.1, 0.15) is 5.75 Å². The highest BCUT2D eigenvalue weighted by atomic mass is 19.4. The maximum absolute atomic E-state index is 13.0. The Morgan fingerprint density at radius 1 is 1.18 bits per heavy atom. The van der Waals surface area contributed by atoms with Gasteiger partial charge in [-0.2, -0.15) is 18.4 Å². The molecule has 1 saturated carbocycles. The number of aromatic nitrogens is 2. The van der Waals surface area contributed by atoms with Crippen molar-refractivity contribution in [3.8, 4) is 11.8 Å². The molecule has 3 rings (SSSR count). The highest BCUT2D eigenvalue weighted by molar-refractivity contribution is 5.90. The fraction of sp³-hybridized carbons (Fsp3) is 0.368. The summed E-state index contributed by atoms with van der Waals surface area (Å²) in [7, 11) is 0. The summed E-state index contributed by atoms with van der Waals surface area (Å²) in [6.07, 6.45) is 0.529. The van der Waals surface area contributed by atoms with E-state index >= 15 is 0 Å². The van der Waals surface area contributed by atoms with Crippen LogP contribution in [0, 0.1) is 11.3 Å². The summed E-state index contributed by atoms with van der Waals surface area (Å²) in [5, 5.41) is 11.7. The van der Waals surface area contributed by atoms with Crippen LogP contribution in [-0.4, -0.2) is 28.0 Å². The number of amides is 1. The van der Waals surface area contributed by atoms with Crippen LogP contribution in [-0.2, 0) is 6.18 Å². The molecule has 0 saturated heterocycles. The van der Waals surface area contributed by atoms with E-state index in [1.807, 2.05) is 0 Å². The second-order valence-electron chi connectivity index (χ2n) is 6.45. The predicted molar refractivity (Wildman–Crippen MR) is 92.3 cm³/mol. The largest absolute Gasteiger partial charge is 0.490 e. The number of nitrogens with zero attached hydrogens (tertiary/aromatic N) is 3. The molecule has 6 nitrogen and oxygen atoms in total. The molecule has 1 aromatic heterocycles. The van der Waals surface area contributed by atoms with E-state index in [0.29, 0.717) is 25.7 Å². The molecule has 0 atom stereocenters. The van der Waals surface area contributed by atoms with Gasteiger partial charge in [-0.1, -0.05) is 0 Å². The zero-order valence-electron chi connectivity index (χ0n) is 14.7. The summed E-state index contributed by atoms with van der Waals surface area (Å²) < 4.78 is 44.8. The smallest absolute Gasteiger partial charge is 0.417 e. The van der Waals surface area contributed by atoms with Gasteiger partial charge < -0.3 is 10.1 Å². The molecule has 0 radical (unpaired) electrons. The Morgan fingerprint density at radius 3 is 2.46 bits per heavy atom. The first-order chi connectivity index (χ1) is 13.4. The van der Waals surface area contributed by atoms with Crippen LogP contribution in [0.15, 0.2) is 36.7 Å². The summed E-state index contributed by atoms with van der Waals surface area (Å²) in [5.74, 6) is -0.179. The Morgan fingerprint density at radius 2 is 1.86 bits per heavy atom. The maximum atomic E-state index is 13.0. The zero-order valence-corrected chi connectivity index (χ0v) is 14.7. The molecule has 1 aliphatic rings. The third-order valence-electron chi connectivity index (χ3n) is 4.50. The van der Waals surface area contributed by atoms with E-state index in [1.54, 1.807) is 12.1 Å². The van der Waals surface area contributed by atoms with Crippen molar-refractivity contribution in [3.05, 3.63) is 53.6 Å². The minimum atomic E-state index is -4.62. The summed E-state index contributed by atoms with van der Waals surface area (Å²) in [6, 6.07) is 6.44. The van der Waals surface area contributed by atoms with Gasteiger partial charge in [0.2, 0.25) is 5.82 Å². The lowest BCUT2D eigenvalue weighted by atomic mass is 9.93. The van der Waals surface area contributed by atoms with Gasteiger partial charge in [-0.25, -0.2) is 9.97 Å². The molecule has 9 heteroatoms. The number of benzene rings is 1. The van der Waals surface area contributed by atoms with Gasteiger partial charge in [0, 0.05) is 18.4 Å². The summed E-state index contributed by atoms with van der Waals surface area (Å²) >= 11 is 0. The number of alkyl halides is 3. The first-order valence-corrected chi connectivity index (χ1v) is 8.72. The van der Waals surface area contributed by atoms with Crippen LogP contribution in [0.25, 0.3) is 0 Å². The van der Waals surface area contributed by atoms with E-state index < -0.39 is 17.3 Å². The van der Waals surface area contributed by atoms with E-state index in [1.165, 1.54) is 18.5 Å². The van der Waals surface area contributed by atoms with Crippen molar-refractivity contribution in [2.75, 3.05) is 0 Å². The lowest BCUT2D eigenvalue weighted by Crippen LogP contribution is -2.40. The number of halogens is 3. The third kappa shape index (κ3) is 4.76. The minimum absolute atomic E-state index is 0.0668. The maximum Gasteiger partial charge on any atom is 0.417 e. The number of ether oxygens (including phenoxy) is 1. The molecule has 1 N–H and O–H groups in total. The quantitative estimate of drug-likeness (QED) is 0.864. The van der Waals surface area contributed by atoms with Crippen LogP contribution in [0.5, 0.6) is 5.75 Å². The zero-order chi connectivity index (χ0) is 20.1. The lowest BCUT2D eigenvalue weighted by Gasteiger charge is -2.29. The molecule has 1 fully saturated rings. The van der Waals surface area contributed by atoms with E-state index in [-0.39, 0.29) is 29.6 Å². The summed E-state index contributed by atoms with van der Waals surface area (Å²) in [5.41, 5.74) is -1.44. The SMILES string of the molecule is N#Cc1ccc(OC2CCC(NC(=O)c3ncccn3)CC2)cc1C(F)(F)F. The van der Waals surface area contributed by atoms with Crippen LogP contribution < -0.4 is 10.1 Å². The molecule has 1 aliphatic carbocycles. The standard InChI is InChI=1S/C19H17F3N4O2/c20-19(21,22)16-10-15(5-2-12(16)11-23)28-14-6-3-13(4-7-14)26-18(27)17-24-8-1-9-25-17/h1-2,5,8-10,13-14H,3-4,6-7H2,(H,26,27). The topological polar surface area (TPSA) is 87.9 Å². The van der Waals surface area contributed by atoms with Crippen molar-refractivity contribution in [2.24, 2.45) is 0 Å². The Balaban J connectivity index is 1.56. The normalized spacial score (nSPS) is 19.5. The molecule has 146 valence electrons. The van der Waals surface area contributed by atoms with Crippen LogP contribution >= 0.6 is 0 Å². The van der Waals surface area contributed by atoms with Crippen LogP contribution in [0.2, 0.25) is 0 Å². The third-order valence-corrected chi connectivity index (χ3v) is 4.50. The van der Waals surface area contributed by atoms with Crippen molar-refractivity contribution in [3.63, 3.8) is 0 Å². The second kappa shape index (κ2) is 8.25. The monoisotopic (exact) mass is 390 g/mol. The molecule has 0 spiro atoms. The molecule has 1 heterocycles. The first-order valence-electron chi connectivity index (χ1n) is 8.72. The number of rotatable bonds is 4. The molecule has 0 aliphatic heterocycles. The Hall–Kier alpha value is -3.15. The lowest BCUT2D eigenvalue weighted by molar-refractivity contribution is -0.137. The average molecular weight is 390 g/mol. The van der Waals surface area contributed by atoms with Gasteiger partial charge in [0.05, 0.1) is 23.3 Å². The predicted octanol–water partition coefficient (Wildman–Crippen LogP) is 3.49. The fourth-order valence-corrected chi connectivity index (χ4v) is 3.11. The average Bonchev–Trinajstić information content (AvgIpc) is 2.69. The van der Waals surface area contributed by atoms with E-state index in [9.17, 15) is 18.0 Å². The van der Waals surface area contributed by atoms with Crippen LogP contribution in [0.4, 0.5) is 13.2 Å². The van der Waals surface area contributed by atoms with E-state index in [4.69, 9.17) is 10.00 Å². The Bertz CT molecular complexity index is 873. The van der Waals surface area contributed by atoms with Crippen molar-refractivity contribution in [1.82, 2.24) is 15.3 Å². The molecule has 1 aromatic carbocycles. The van der Waals surface area contributed by atoms with Crippen LogP contribution in [0.3, 0.4) is 0 Å². The molecule has 2 aromatic rings. The van der Waals surface area contributed by atoms with Gasteiger partial charge in [-0.15, -0.1) is 0 Å². The first kappa shape index (κ1) is 19.6. The van der Waals surface area contributed by atoms with Gasteiger partial charge >= 0.3 is 6.18 Å². The van der Waals surface area contributed by atoms with Crippen LogP contribution in [0.1, 0.15) is 47.4 Å². The minimum Gasteiger partial charge on any atom is -0.490 e. The highest BCUT2D eigenvalue weighted by Crippen LogP contribution is 2.35. The van der Waals surface area contributed by atoms with Gasteiger partial charge in [0.25, 0.3) is 5.91 Å². The van der Waals surface area contributed by atoms with E-state index in [2.05, 4.69) is 15.3 Å².